The van der Waals surface area contributed by atoms with E-state index in [0.717, 1.165) is 0 Å². The smallest absolute Gasteiger partial charge is 0.334 e. The molecule has 0 heterocycles. The number of fused-ring (bicyclic) bond motifs is 1. The highest BCUT2D eigenvalue weighted by Gasteiger charge is 2.68. The van der Waals surface area contributed by atoms with Crippen LogP contribution < -0.4 is 0 Å². The number of ketones is 1. The SMILES string of the molecule is C/C=C(/C)C(=O)O[C@@H]1C[C@@](C)(O)C(=O)[C@H](OC(=O)/C(C)=C/C)[C@@]2(C)CC[C@@](O)(C(C)C)[C@H]12. The third kappa shape index (κ3) is 4.42. The molecule has 0 aliphatic heterocycles. The normalized spacial score (nSPS) is 38.3. The van der Waals surface area contributed by atoms with Crippen molar-refractivity contribution in [3.05, 3.63) is 23.3 Å². The van der Waals surface area contributed by atoms with Crippen molar-refractivity contribution >= 4 is 17.7 Å². The third-order valence-electron chi connectivity index (χ3n) is 7.64. The predicted molar refractivity (Wildman–Crippen MR) is 119 cm³/mol. The summed E-state index contributed by atoms with van der Waals surface area (Å²) in [6, 6.07) is 0. The van der Waals surface area contributed by atoms with Gasteiger partial charge in [0.25, 0.3) is 0 Å². The van der Waals surface area contributed by atoms with Crippen molar-refractivity contribution in [2.75, 3.05) is 0 Å². The van der Waals surface area contributed by atoms with Crippen LogP contribution in [0.2, 0.25) is 0 Å². The molecule has 180 valence electrons. The molecule has 0 radical (unpaired) electrons. The summed E-state index contributed by atoms with van der Waals surface area (Å²) in [6.45, 7) is 13.5. The lowest BCUT2D eigenvalue weighted by Gasteiger charge is -2.44. The molecule has 0 aromatic carbocycles. The van der Waals surface area contributed by atoms with Crippen LogP contribution >= 0.6 is 0 Å². The zero-order valence-electron chi connectivity index (χ0n) is 20.5. The number of aliphatic hydroxyl groups is 2. The highest BCUT2D eigenvalue weighted by Crippen LogP contribution is 2.59. The Bertz CT molecular complexity index is 837. The molecule has 0 amide bonds. The van der Waals surface area contributed by atoms with Gasteiger partial charge in [-0.2, -0.15) is 0 Å². The van der Waals surface area contributed by atoms with Gasteiger partial charge >= 0.3 is 11.9 Å². The largest absolute Gasteiger partial charge is 0.458 e. The van der Waals surface area contributed by atoms with Gasteiger partial charge in [0.2, 0.25) is 5.78 Å². The second-order valence-electron chi connectivity index (χ2n) is 10.1. The molecule has 2 aliphatic rings. The molecule has 2 rings (SSSR count). The summed E-state index contributed by atoms with van der Waals surface area (Å²) < 4.78 is 11.5. The Morgan fingerprint density at radius 3 is 1.97 bits per heavy atom. The molecule has 2 N–H and O–H groups in total. The van der Waals surface area contributed by atoms with Gasteiger partial charge in [0.15, 0.2) is 6.10 Å². The number of carbonyl (C=O) groups is 3. The van der Waals surface area contributed by atoms with E-state index in [1.807, 2.05) is 13.8 Å². The first-order valence-electron chi connectivity index (χ1n) is 11.3. The third-order valence-corrected chi connectivity index (χ3v) is 7.64. The topological polar surface area (TPSA) is 110 Å². The van der Waals surface area contributed by atoms with E-state index in [4.69, 9.17) is 9.47 Å². The Hall–Kier alpha value is -1.99. The minimum absolute atomic E-state index is 0.194. The molecule has 2 fully saturated rings. The van der Waals surface area contributed by atoms with E-state index in [1.54, 1.807) is 46.8 Å². The summed E-state index contributed by atoms with van der Waals surface area (Å²) in [4.78, 5) is 38.8. The molecule has 0 bridgehead atoms. The van der Waals surface area contributed by atoms with E-state index < -0.39 is 52.5 Å². The molecule has 32 heavy (non-hydrogen) atoms. The van der Waals surface area contributed by atoms with Crippen LogP contribution in [0.4, 0.5) is 0 Å². The Labute approximate surface area is 190 Å². The summed E-state index contributed by atoms with van der Waals surface area (Å²) in [7, 11) is 0. The number of ether oxygens (including phenoxy) is 2. The Balaban J connectivity index is 2.67. The number of allylic oxidation sites excluding steroid dienone is 2. The molecular weight excluding hydrogens is 412 g/mol. The van der Waals surface area contributed by atoms with Crippen LogP contribution in [0.25, 0.3) is 0 Å². The number of carbonyl (C=O) groups excluding carboxylic acids is 3. The fourth-order valence-corrected chi connectivity index (χ4v) is 5.20. The average Bonchev–Trinajstić information content (AvgIpc) is 2.98. The van der Waals surface area contributed by atoms with Gasteiger partial charge in [0.05, 0.1) is 5.60 Å². The maximum atomic E-state index is 13.5. The molecule has 0 aromatic heterocycles. The second-order valence-corrected chi connectivity index (χ2v) is 10.1. The first kappa shape index (κ1) is 26.3. The second kappa shape index (κ2) is 9.10. The summed E-state index contributed by atoms with van der Waals surface area (Å²) in [5.74, 6) is -2.80. The highest BCUT2D eigenvalue weighted by molar-refractivity contribution is 5.96. The summed E-state index contributed by atoms with van der Waals surface area (Å²) >= 11 is 0. The van der Waals surface area contributed by atoms with Crippen molar-refractivity contribution in [1.29, 1.82) is 0 Å². The van der Waals surface area contributed by atoms with Gasteiger partial charge in [-0.15, -0.1) is 0 Å². The van der Waals surface area contributed by atoms with Gasteiger partial charge in [-0.3, -0.25) is 4.79 Å². The van der Waals surface area contributed by atoms with Crippen LogP contribution in [0, 0.1) is 17.3 Å². The minimum Gasteiger partial charge on any atom is -0.458 e. The van der Waals surface area contributed by atoms with E-state index >= 15 is 0 Å². The molecule has 6 atom stereocenters. The Morgan fingerprint density at radius 1 is 1.00 bits per heavy atom. The number of esters is 2. The lowest BCUT2D eigenvalue weighted by Crippen LogP contribution is -2.54. The molecule has 2 aliphatic carbocycles. The molecule has 0 saturated heterocycles. The predicted octanol–water partition coefficient (Wildman–Crippen LogP) is 3.27. The average molecular weight is 451 g/mol. The van der Waals surface area contributed by atoms with Gasteiger partial charge in [0.1, 0.15) is 11.7 Å². The van der Waals surface area contributed by atoms with Crippen LogP contribution in [0.3, 0.4) is 0 Å². The van der Waals surface area contributed by atoms with Gasteiger partial charge in [-0.1, -0.05) is 32.9 Å². The zero-order valence-corrected chi connectivity index (χ0v) is 20.5. The van der Waals surface area contributed by atoms with Crippen molar-refractivity contribution in [1.82, 2.24) is 0 Å². The fraction of sp³-hybridized carbons (Fsp3) is 0.720. The maximum absolute atomic E-state index is 13.5. The van der Waals surface area contributed by atoms with Gasteiger partial charge in [0, 0.05) is 28.9 Å². The van der Waals surface area contributed by atoms with E-state index in [-0.39, 0.29) is 12.3 Å². The van der Waals surface area contributed by atoms with Crippen LogP contribution in [0.1, 0.15) is 74.7 Å². The molecule has 0 aromatic rings. The molecule has 0 spiro atoms. The molecule has 7 heteroatoms. The number of Topliss-reactive ketones (excluding diaryl/α,β-unsaturated/α-hetero) is 1. The first-order chi connectivity index (χ1) is 14.7. The van der Waals surface area contributed by atoms with Crippen molar-refractivity contribution in [2.24, 2.45) is 17.3 Å². The van der Waals surface area contributed by atoms with Crippen molar-refractivity contribution in [3.8, 4) is 0 Å². The van der Waals surface area contributed by atoms with Crippen LogP contribution in [0.5, 0.6) is 0 Å². The quantitative estimate of drug-likeness (QED) is 0.488. The summed E-state index contributed by atoms with van der Waals surface area (Å²) in [5.41, 5.74) is -3.49. The van der Waals surface area contributed by atoms with Crippen LogP contribution in [-0.2, 0) is 23.9 Å². The first-order valence-corrected chi connectivity index (χ1v) is 11.3. The number of hydrogen-bond acceptors (Lipinski definition) is 7. The van der Waals surface area contributed by atoms with Gasteiger partial charge < -0.3 is 19.7 Å². The summed E-state index contributed by atoms with van der Waals surface area (Å²) in [6.07, 6.45) is 1.51. The Morgan fingerprint density at radius 2 is 1.50 bits per heavy atom. The van der Waals surface area contributed by atoms with Gasteiger partial charge in [-0.25, -0.2) is 9.59 Å². The molecule has 7 nitrogen and oxygen atoms in total. The standard InChI is InChI=1S/C25H38O7/c1-9-15(5)21(27)31-17-13-24(8,29)19(26)20(32-22(28)16(6)10-2)23(7)11-12-25(30,14(3)4)18(17)23/h9-10,14,17-18,20,29-30H,11-13H2,1-8H3/b15-9-,16-10+/t17-,18-,20+,23+,24-,25-/m1/s1. The minimum atomic E-state index is -1.91. The number of rotatable bonds is 5. The van der Waals surface area contributed by atoms with Crippen LogP contribution in [0.15, 0.2) is 23.3 Å². The zero-order chi connectivity index (χ0) is 24.6. The van der Waals surface area contributed by atoms with Crippen molar-refractivity contribution < 1.29 is 34.1 Å². The van der Waals surface area contributed by atoms with E-state index in [0.29, 0.717) is 24.0 Å². The molecule has 0 unspecified atom stereocenters. The monoisotopic (exact) mass is 450 g/mol. The lowest BCUT2D eigenvalue weighted by atomic mass is 9.66. The van der Waals surface area contributed by atoms with E-state index in [9.17, 15) is 24.6 Å². The van der Waals surface area contributed by atoms with Crippen molar-refractivity contribution in [2.45, 2.75) is 98.1 Å². The fourth-order valence-electron chi connectivity index (χ4n) is 5.20. The Kier molecular flexibility index (Phi) is 7.47. The number of hydrogen-bond donors (Lipinski definition) is 2. The summed E-state index contributed by atoms with van der Waals surface area (Å²) in [5, 5.41) is 22.9. The van der Waals surface area contributed by atoms with Crippen molar-refractivity contribution in [3.63, 3.8) is 0 Å². The lowest BCUT2D eigenvalue weighted by molar-refractivity contribution is -0.176. The van der Waals surface area contributed by atoms with E-state index in [2.05, 4.69) is 0 Å². The highest BCUT2D eigenvalue weighted by atomic mass is 16.6. The molecular formula is C25H38O7. The maximum Gasteiger partial charge on any atom is 0.334 e. The van der Waals surface area contributed by atoms with E-state index in [1.165, 1.54) is 6.92 Å². The van der Waals surface area contributed by atoms with Crippen LogP contribution in [-0.4, -0.2) is 51.3 Å². The molecule has 2 saturated carbocycles. The van der Waals surface area contributed by atoms with Gasteiger partial charge in [-0.05, 0) is 53.4 Å².